The van der Waals surface area contributed by atoms with Gasteiger partial charge in [0.15, 0.2) is 0 Å². The molecule has 134 valence electrons. The summed E-state index contributed by atoms with van der Waals surface area (Å²) < 4.78 is 0. The predicted octanol–water partition coefficient (Wildman–Crippen LogP) is 1.36. The Morgan fingerprint density at radius 2 is 1.76 bits per heavy atom. The minimum Gasteiger partial charge on any atom is -0.394 e. The molecule has 0 bridgehead atoms. The summed E-state index contributed by atoms with van der Waals surface area (Å²) in [5.41, 5.74) is 3.06. The molecule has 7 heteroatoms. The molecular weight excluding hydrogens is 320 g/mol. The lowest BCUT2D eigenvalue weighted by Crippen LogP contribution is -2.34. The number of anilines is 1. The van der Waals surface area contributed by atoms with Gasteiger partial charge in [0.05, 0.1) is 18.9 Å². The minimum atomic E-state index is -0.293. The second kappa shape index (κ2) is 8.55. The van der Waals surface area contributed by atoms with Crippen molar-refractivity contribution in [3.63, 3.8) is 0 Å². The fourth-order valence-corrected chi connectivity index (χ4v) is 2.20. The first-order valence-electron chi connectivity index (χ1n) is 8.17. The van der Waals surface area contributed by atoms with E-state index in [1.807, 2.05) is 26.0 Å². The van der Waals surface area contributed by atoms with Crippen LogP contribution >= 0.6 is 0 Å². The third kappa shape index (κ3) is 4.98. The van der Waals surface area contributed by atoms with Crippen molar-refractivity contribution in [2.24, 2.45) is 0 Å². The van der Waals surface area contributed by atoms with Gasteiger partial charge in [-0.3, -0.25) is 4.79 Å². The molecule has 1 aromatic heterocycles. The molecule has 0 aliphatic rings. The highest BCUT2D eigenvalue weighted by atomic mass is 16.3. The first-order valence-corrected chi connectivity index (χ1v) is 8.17. The van der Waals surface area contributed by atoms with Crippen LogP contribution in [0.2, 0.25) is 0 Å². The molecule has 0 spiro atoms. The Bertz CT molecular complexity index is 719. The molecule has 4 N–H and O–H groups in total. The molecule has 0 aliphatic heterocycles. The van der Waals surface area contributed by atoms with E-state index in [1.54, 1.807) is 25.3 Å². The maximum atomic E-state index is 12.1. The Morgan fingerprint density at radius 3 is 2.36 bits per heavy atom. The number of aliphatic hydroxyl groups is 2. The van der Waals surface area contributed by atoms with Gasteiger partial charge >= 0.3 is 0 Å². The predicted molar refractivity (Wildman–Crippen MR) is 96.4 cm³/mol. The van der Waals surface area contributed by atoms with Gasteiger partial charge in [0.25, 0.3) is 5.91 Å². The Labute approximate surface area is 147 Å². The molecule has 0 fully saturated rings. The highest BCUT2D eigenvalue weighted by Crippen LogP contribution is 2.22. The minimum absolute atomic E-state index is 0.0113. The third-order valence-electron chi connectivity index (χ3n) is 3.69. The second-order valence-electron chi connectivity index (χ2n) is 6.09. The van der Waals surface area contributed by atoms with Crippen LogP contribution in [0.5, 0.6) is 0 Å². The van der Waals surface area contributed by atoms with Crippen molar-refractivity contribution < 1.29 is 15.0 Å². The van der Waals surface area contributed by atoms with Gasteiger partial charge in [-0.05, 0) is 38.5 Å². The molecule has 7 nitrogen and oxygen atoms in total. The second-order valence-corrected chi connectivity index (χ2v) is 6.09. The van der Waals surface area contributed by atoms with Crippen molar-refractivity contribution in [3.05, 3.63) is 41.6 Å². The first kappa shape index (κ1) is 18.8. The number of nitrogens with zero attached hydrogens (tertiary/aromatic N) is 2. The molecule has 2 aromatic rings. The normalized spacial score (nSPS) is 13.2. The van der Waals surface area contributed by atoms with Gasteiger partial charge in [0.2, 0.25) is 5.95 Å². The molecular formula is C18H24N4O3. The van der Waals surface area contributed by atoms with E-state index in [1.165, 1.54) is 0 Å². The summed E-state index contributed by atoms with van der Waals surface area (Å²) >= 11 is 0. The molecule has 0 aliphatic carbocycles. The van der Waals surface area contributed by atoms with Crippen LogP contribution in [-0.4, -0.2) is 51.4 Å². The molecule has 0 radical (unpaired) electrons. The topological polar surface area (TPSA) is 107 Å². The highest BCUT2D eigenvalue weighted by molar-refractivity contribution is 5.94. The summed E-state index contributed by atoms with van der Waals surface area (Å²) in [6.45, 7) is 5.37. The number of aromatic nitrogens is 2. The zero-order valence-electron chi connectivity index (χ0n) is 14.7. The lowest BCUT2D eigenvalue weighted by atomic mass is 10.1. The standard InChI is InChI=1S/C18H24N4O3/c1-11-8-19-18(21-13(3)10-24)22-16(11)14-4-6-15(7-5-14)17(25)20-12(2)9-23/h4-8,12-13,23-24H,9-10H2,1-3H3,(H,20,25)(H,19,21,22)/t12-,13?/m0/s1. The fourth-order valence-electron chi connectivity index (χ4n) is 2.20. The zero-order chi connectivity index (χ0) is 18.4. The number of hydrogen-bond acceptors (Lipinski definition) is 6. The number of hydrogen-bond donors (Lipinski definition) is 4. The maximum absolute atomic E-state index is 12.1. The average molecular weight is 344 g/mol. The van der Waals surface area contributed by atoms with Gasteiger partial charge in [-0.15, -0.1) is 0 Å². The lowest BCUT2D eigenvalue weighted by Gasteiger charge is -2.13. The Balaban J connectivity index is 2.21. The van der Waals surface area contributed by atoms with Gasteiger partial charge in [-0.1, -0.05) is 12.1 Å². The number of amides is 1. The van der Waals surface area contributed by atoms with Gasteiger partial charge in [-0.25, -0.2) is 9.97 Å². The van der Waals surface area contributed by atoms with Crippen LogP contribution < -0.4 is 10.6 Å². The summed E-state index contributed by atoms with van der Waals surface area (Å²) in [7, 11) is 0. The molecule has 2 rings (SSSR count). The summed E-state index contributed by atoms with van der Waals surface area (Å²) in [4.78, 5) is 20.8. The van der Waals surface area contributed by atoms with Crippen LogP contribution in [0.4, 0.5) is 5.95 Å². The molecule has 1 aromatic carbocycles. The molecule has 1 amide bonds. The smallest absolute Gasteiger partial charge is 0.251 e. The van der Waals surface area contributed by atoms with Crippen LogP contribution in [0.3, 0.4) is 0 Å². The number of carbonyl (C=O) groups is 1. The first-order chi connectivity index (χ1) is 11.9. The van der Waals surface area contributed by atoms with E-state index in [0.29, 0.717) is 11.5 Å². The van der Waals surface area contributed by atoms with Crippen LogP contribution in [0.1, 0.15) is 29.8 Å². The van der Waals surface area contributed by atoms with Crippen molar-refractivity contribution >= 4 is 11.9 Å². The van der Waals surface area contributed by atoms with E-state index in [4.69, 9.17) is 10.2 Å². The quantitative estimate of drug-likeness (QED) is 0.604. The van der Waals surface area contributed by atoms with E-state index in [9.17, 15) is 4.79 Å². The van der Waals surface area contributed by atoms with Crippen LogP contribution in [0.25, 0.3) is 11.3 Å². The SMILES string of the molecule is Cc1cnc(NC(C)CO)nc1-c1ccc(C(=O)N[C@@H](C)CO)cc1. The monoisotopic (exact) mass is 344 g/mol. The number of aliphatic hydroxyl groups excluding tert-OH is 2. The zero-order valence-corrected chi connectivity index (χ0v) is 14.7. The Kier molecular flexibility index (Phi) is 6.44. The van der Waals surface area contributed by atoms with Crippen molar-refractivity contribution in [2.75, 3.05) is 18.5 Å². The fraction of sp³-hybridized carbons (Fsp3) is 0.389. The Morgan fingerprint density at radius 1 is 1.12 bits per heavy atom. The highest BCUT2D eigenvalue weighted by Gasteiger charge is 2.11. The van der Waals surface area contributed by atoms with Gasteiger partial charge in [0.1, 0.15) is 0 Å². The summed E-state index contributed by atoms with van der Waals surface area (Å²) in [6, 6.07) is 6.66. The Hall–Kier alpha value is -2.51. The van der Waals surface area contributed by atoms with E-state index in [0.717, 1.165) is 16.8 Å². The van der Waals surface area contributed by atoms with E-state index < -0.39 is 0 Å². The van der Waals surface area contributed by atoms with Crippen LogP contribution in [0, 0.1) is 6.92 Å². The van der Waals surface area contributed by atoms with Crippen molar-refractivity contribution in [3.8, 4) is 11.3 Å². The molecule has 1 heterocycles. The lowest BCUT2D eigenvalue weighted by molar-refractivity contribution is 0.0922. The van der Waals surface area contributed by atoms with E-state index in [2.05, 4.69) is 20.6 Å². The number of carbonyl (C=O) groups excluding carboxylic acids is 1. The summed E-state index contributed by atoms with van der Waals surface area (Å²) in [5.74, 6) is 0.215. The van der Waals surface area contributed by atoms with Crippen molar-refractivity contribution in [2.45, 2.75) is 32.9 Å². The number of nitrogens with one attached hydrogen (secondary N) is 2. The summed E-state index contributed by atoms with van der Waals surface area (Å²) in [6.07, 6.45) is 1.72. The summed E-state index contributed by atoms with van der Waals surface area (Å²) in [5, 5.41) is 23.9. The molecule has 1 unspecified atom stereocenters. The van der Waals surface area contributed by atoms with Crippen LogP contribution in [0.15, 0.2) is 30.5 Å². The maximum Gasteiger partial charge on any atom is 0.251 e. The van der Waals surface area contributed by atoms with Crippen molar-refractivity contribution in [1.82, 2.24) is 15.3 Å². The third-order valence-corrected chi connectivity index (χ3v) is 3.69. The van der Waals surface area contributed by atoms with E-state index in [-0.39, 0.29) is 31.2 Å². The molecule has 0 saturated heterocycles. The van der Waals surface area contributed by atoms with Gasteiger partial charge in [-0.2, -0.15) is 0 Å². The molecule has 25 heavy (non-hydrogen) atoms. The largest absolute Gasteiger partial charge is 0.394 e. The number of rotatable bonds is 7. The van der Waals surface area contributed by atoms with Gasteiger partial charge in [0, 0.05) is 29.4 Å². The average Bonchev–Trinajstić information content (AvgIpc) is 2.63. The number of benzene rings is 1. The molecule has 0 saturated carbocycles. The molecule has 2 atom stereocenters. The van der Waals surface area contributed by atoms with Crippen molar-refractivity contribution in [1.29, 1.82) is 0 Å². The van der Waals surface area contributed by atoms with Crippen LogP contribution in [-0.2, 0) is 0 Å². The van der Waals surface area contributed by atoms with E-state index >= 15 is 0 Å². The van der Waals surface area contributed by atoms with Gasteiger partial charge < -0.3 is 20.8 Å². The number of aryl methyl sites for hydroxylation is 1.